The van der Waals surface area contributed by atoms with E-state index in [0.717, 1.165) is 32.3 Å². The van der Waals surface area contributed by atoms with Crippen LogP contribution in [0.3, 0.4) is 0 Å². The van der Waals surface area contributed by atoms with Gasteiger partial charge in [0.25, 0.3) is 0 Å². The van der Waals surface area contributed by atoms with Gasteiger partial charge in [0.2, 0.25) is 0 Å². The van der Waals surface area contributed by atoms with Crippen LogP contribution in [0.5, 0.6) is 0 Å². The maximum atomic E-state index is 6.30. The lowest BCUT2D eigenvalue weighted by Gasteiger charge is -1.98. The predicted octanol–water partition coefficient (Wildman–Crippen LogP) is 5.21. The highest BCUT2D eigenvalue weighted by molar-refractivity contribution is 9.10. The van der Waals surface area contributed by atoms with Crippen LogP contribution in [0.1, 0.15) is 11.5 Å². The first-order chi connectivity index (χ1) is 7.58. The van der Waals surface area contributed by atoms with Gasteiger partial charge in [-0.05, 0) is 41.9 Å². The fraction of sp³-hybridized carbons (Fsp3) is 0.167. The Morgan fingerprint density at radius 2 is 1.56 bits per heavy atom. The third kappa shape index (κ3) is 1.25. The molecule has 4 heteroatoms. The number of furan rings is 2. The maximum Gasteiger partial charge on any atom is 0.154 e. The molecule has 3 rings (SSSR count). The van der Waals surface area contributed by atoms with Gasteiger partial charge in [-0.3, -0.25) is 0 Å². The molecule has 0 spiro atoms. The van der Waals surface area contributed by atoms with Crippen LogP contribution < -0.4 is 0 Å². The van der Waals surface area contributed by atoms with Crippen LogP contribution in [0.2, 0.25) is 5.02 Å². The molecule has 0 aliphatic carbocycles. The summed E-state index contributed by atoms with van der Waals surface area (Å²) in [6, 6.07) is 3.86. The van der Waals surface area contributed by atoms with E-state index in [1.165, 1.54) is 0 Å². The van der Waals surface area contributed by atoms with Crippen molar-refractivity contribution in [2.45, 2.75) is 13.8 Å². The quantitative estimate of drug-likeness (QED) is 0.569. The normalized spacial score (nSPS) is 11.8. The van der Waals surface area contributed by atoms with E-state index in [1.807, 2.05) is 26.0 Å². The smallest absolute Gasteiger partial charge is 0.154 e. The fourth-order valence-electron chi connectivity index (χ4n) is 1.93. The van der Waals surface area contributed by atoms with Crippen molar-refractivity contribution in [1.82, 2.24) is 0 Å². The Hall–Kier alpha value is -0.930. The molecule has 0 amide bonds. The van der Waals surface area contributed by atoms with E-state index in [9.17, 15) is 0 Å². The van der Waals surface area contributed by atoms with Crippen molar-refractivity contribution in [1.29, 1.82) is 0 Å². The molecule has 0 bridgehead atoms. The maximum absolute atomic E-state index is 6.30. The van der Waals surface area contributed by atoms with E-state index >= 15 is 0 Å². The van der Waals surface area contributed by atoms with E-state index in [0.29, 0.717) is 10.6 Å². The summed E-state index contributed by atoms with van der Waals surface area (Å²) in [7, 11) is 0. The summed E-state index contributed by atoms with van der Waals surface area (Å²) in [5.74, 6) is 1.67. The molecule has 3 aromatic rings. The summed E-state index contributed by atoms with van der Waals surface area (Å²) in [6.07, 6.45) is 0. The molecule has 82 valence electrons. The molecule has 0 radical (unpaired) electrons. The number of fused-ring (bicyclic) bond motifs is 2. The molecule has 0 N–H and O–H groups in total. The average Bonchev–Trinajstić information content (AvgIpc) is 2.78. The zero-order valence-corrected chi connectivity index (χ0v) is 11.1. The Kier molecular flexibility index (Phi) is 2.10. The van der Waals surface area contributed by atoms with Gasteiger partial charge >= 0.3 is 0 Å². The average molecular weight is 300 g/mol. The fourth-order valence-corrected chi connectivity index (χ4v) is 2.80. The van der Waals surface area contributed by atoms with Crippen molar-refractivity contribution in [3.63, 3.8) is 0 Å². The van der Waals surface area contributed by atoms with Gasteiger partial charge in [0.05, 0.1) is 9.50 Å². The molecule has 0 saturated heterocycles. The van der Waals surface area contributed by atoms with Gasteiger partial charge in [0, 0.05) is 10.8 Å². The van der Waals surface area contributed by atoms with Gasteiger partial charge in [-0.25, -0.2) is 0 Å². The van der Waals surface area contributed by atoms with Gasteiger partial charge in [0.15, 0.2) is 11.2 Å². The second-order valence-electron chi connectivity index (χ2n) is 3.83. The van der Waals surface area contributed by atoms with E-state index in [-0.39, 0.29) is 0 Å². The minimum Gasteiger partial charge on any atom is -0.460 e. The third-order valence-electron chi connectivity index (χ3n) is 2.58. The van der Waals surface area contributed by atoms with Crippen LogP contribution in [0.15, 0.2) is 25.4 Å². The van der Waals surface area contributed by atoms with E-state index in [2.05, 4.69) is 15.9 Å². The number of hydrogen-bond donors (Lipinski definition) is 0. The molecule has 1 aromatic carbocycles. The minimum atomic E-state index is 0.609. The molecule has 0 fully saturated rings. The van der Waals surface area contributed by atoms with Crippen LogP contribution in [-0.4, -0.2) is 0 Å². The third-order valence-corrected chi connectivity index (χ3v) is 3.74. The van der Waals surface area contributed by atoms with Crippen LogP contribution in [0.25, 0.3) is 21.9 Å². The molecule has 16 heavy (non-hydrogen) atoms. The van der Waals surface area contributed by atoms with Gasteiger partial charge in [-0.15, -0.1) is 0 Å². The highest BCUT2D eigenvalue weighted by atomic mass is 79.9. The van der Waals surface area contributed by atoms with Gasteiger partial charge in [-0.1, -0.05) is 11.6 Å². The first-order valence-electron chi connectivity index (χ1n) is 4.85. The molecular formula is C12H8BrClO2. The lowest BCUT2D eigenvalue weighted by molar-refractivity contribution is 0.574. The SMILES string of the molecule is Cc1cc2c(Br)c3oc(C)cc3c(Cl)c2o1. The number of benzene rings is 1. The van der Waals surface area contributed by atoms with Crippen molar-refractivity contribution in [3.8, 4) is 0 Å². The second-order valence-corrected chi connectivity index (χ2v) is 5.00. The lowest BCUT2D eigenvalue weighted by Crippen LogP contribution is -1.73. The van der Waals surface area contributed by atoms with Crippen LogP contribution in [-0.2, 0) is 0 Å². The summed E-state index contributed by atoms with van der Waals surface area (Å²) >= 11 is 9.83. The Labute approximate surface area is 105 Å². The zero-order valence-electron chi connectivity index (χ0n) is 8.73. The van der Waals surface area contributed by atoms with Crippen molar-refractivity contribution >= 4 is 49.5 Å². The Morgan fingerprint density at radius 3 is 2.25 bits per heavy atom. The molecule has 0 saturated carbocycles. The second kappa shape index (κ2) is 3.28. The summed E-state index contributed by atoms with van der Waals surface area (Å²) in [5.41, 5.74) is 1.48. The Bertz CT molecular complexity index is 594. The molecule has 0 aliphatic rings. The number of rotatable bonds is 0. The van der Waals surface area contributed by atoms with Gasteiger partial charge < -0.3 is 8.83 Å². The molecule has 2 aromatic heterocycles. The van der Waals surface area contributed by atoms with Gasteiger partial charge in [-0.2, -0.15) is 0 Å². The highest BCUT2D eigenvalue weighted by Gasteiger charge is 2.17. The van der Waals surface area contributed by atoms with Gasteiger partial charge in [0.1, 0.15) is 11.5 Å². The monoisotopic (exact) mass is 298 g/mol. The van der Waals surface area contributed by atoms with Crippen LogP contribution in [0.4, 0.5) is 0 Å². The first-order valence-corrected chi connectivity index (χ1v) is 6.02. The van der Waals surface area contributed by atoms with Crippen LogP contribution in [0, 0.1) is 13.8 Å². The Balaban J connectivity index is 2.63. The molecule has 0 unspecified atom stereocenters. The molecule has 2 heterocycles. The Morgan fingerprint density at radius 1 is 1.00 bits per heavy atom. The first kappa shape index (κ1) is 10.2. The van der Waals surface area contributed by atoms with Crippen molar-refractivity contribution in [2.24, 2.45) is 0 Å². The standard InChI is InChI=1S/C12H8BrClO2/c1-5-3-7-9(13)11-8(4-6(2)15-11)10(14)12(7)16-5/h3-4H,1-2H3. The molecule has 0 atom stereocenters. The largest absolute Gasteiger partial charge is 0.460 e. The van der Waals surface area contributed by atoms with Crippen molar-refractivity contribution in [2.75, 3.05) is 0 Å². The summed E-state index contributed by atoms with van der Waals surface area (Å²) in [6.45, 7) is 3.80. The number of aryl methyl sites for hydroxylation is 2. The number of hydrogen-bond acceptors (Lipinski definition) is 2. The van der Waals surface area contributed by atoms with Crippen LogP contribution >= 0.6 is 27.5 Å². The topological polar surface area (TPSA) is 26.3 Å². The van der Waals surface area contributed by atoms with Crippen molar-refractivity contribution < 1.29 is 8.83 Å². The van der Waals surface area contributed by atoms with E-state index in [4.69, 9.17) is 20.4 Å². The summed E-state index contributed by atoms with van der Waals surface area (Å²) in [5, 5.41) is 2.44. The van der Waals surface area contributed by atoms with Crippen molar-refractivity contribution in [3.05, 3.63) is 33.1 Å². The summed E-state index contributed by atoms with van der Waals surface area (Å²) < 4.78 is 12.1. The zero-order chi connectivity index (χ0) is 11.4. The summed E-state index contributed by atoms with van der Waals surface area (Å²) in [4.78, 5) is 0. The van der Waals surface area contributed by atoms with E-state index < -0.39 is 0 Å². The lowest BCUT2D eigenvalue weighted by atomic mass is 10.2. The molecular weight excluding hydrogens is 291 g/mol. The highest BCUT2D eigenvalue weighted by Crippen LogP contribution is 2.41. The molecule has 2 nitrogen and oxygen atoms in total. The predicted molar refractivity (Wildman–Crippen MR) is 68.2 cm³/mol. The molecule has 0 aliphatic heterocycles. The number of halogens is 2. The van der Waals surface area contributed by atoms with E-state index in [1.54, 1.807) is 0 Å². The minimum absolute atomic E-state index is 0.609.